The van der Waals surface area contributed by atoms with E-state index in [2.05, 4.69) is 25.8 Å². The van der Waals surface area contributed by atoms with E-state index in [0.717, 1.165) is 11.1 Å². The van der Waals surface area contributed by atoms with Crippen molar-refractivity contribution in [2.45, 2.75) is 13.5 Å². The standard InChI is InChI=1S/C18H16ClN5O/c1-12-9-14(19)4-5-15(12)22-18(25)16-6-7-17(24-23-16)21-11-13-3-2-8-20-10-13/h2-10H,11H2,1H3,(H,21,24)(H,22,25). The number of carbonyl (C=O) groups is 1. The van der Waals surface area contributed by atoms with Crippen molar-refractivity contribution in [3.05, 3.63) is 76.7 Å². The van der Waals surface area contributed by atoms with Crippen LogP contribution >= 0.6 is 11.6 Å². The summed E-state index contributed by atoms with van der Waals surface area (Å²) in [6.45, 7) is 2.46. The van der Waals surface area contributed by atoms with E-state index in [9.17, 15) is 4.79 Å². The molecule has 3 rings (SSSR count). The highest BCUT2D eigenvalue weighted by molar-refractivity contribution is 6.30. The smallest absolute Gasteiger partial charge is 0.276 e. The van der Waals surface area contributed by atoms with Crippen LogP contribution in [0.3, 0.4) is 0 Å². The van der Waals surface area contributed by atoms with Gasteiger partial charge < -0.3 is 10.6 Å². The van der Waals surface area contributed by atoms with Crippen LogP contribution in [-0.4, -0.2) is 21.1 Å². The van der Waals surface area contributed by atoms with Gasteiger partial charge in [-0.3, -0.25) is 9.78 Å². The van der Waals surface area contributed by atoms with E-state index in [4.69, 9.17) is 11.6 Å². The largest absolute Gasteiger partial charge is 0.364 e. The Morgan fingerprint density at radius 2 is 2.04 bits per heavy atom. The summed E-state index contributed by atoms with van der Waals surface area (Å²) in [7, 11) is 0. The zero-order valence-electron chi connectivity index (χ0n) is 13.5. The Hall–Kier alpha value is -2.99. The number of halogens is 1. The van der Waals surface area contributed by atoms with Crippen molar-refractivity contribution in [1.82, 2.24) is 15.2 Å². The number of hydrogen-bond donors (Lipinski definition) is 2. The molecule has 0 aliphatic carbocycles. The number of amides is 1. The van der Waals surface area contributed by atoms with Crippen LogP contribution in [-0.2, 0) is 6.54 Å². The monoisotopic (exact) mass is 353 g/mol. The summed E-state index contributed by atoms with van der Waals surface area (Å²) >= 11 is 5.92. The van der Waals surface area contributed by atoms with Crippen molar-refractivity contribution in [2.24, 2.45) is 0 Å². The maximum Gasteiger partial charge on any atom is 0.276 e. The summed E-state index contributed by atoms with van der Waals surface area (Å²) < 4.78 is 0. The van der Waals surface area contributed by atoms with Crippen LogP contribution in [0.1, 0.15) is 21.6 Å². The van der Waals surface area contributed by atoms with Crippen LogP contribution in [0.15, 0.2) is 54.9 Å². The molecule has 1 amide bonds. The van der Waals surface area contributed by atoms with Crippen LogP contribution in [0.25, 0.3) is 0 Å². The Bertz CT molecular complexity index is 868. The molecule has 0 radical (unpaired) electrons. The van der Waals surface area contributed by atoms with Gasteiger partial charge in [-0.1, -0.05) is 17.7 Å². The number of nitrogens with one attached hydrogen (secondary N) is 2. The first kappa shape index (κ1) is 16.9. The number of rotatable bonds is 5. The molecular formula is C18H16ClN5O. The lowest BCUT2D eigenvalue weighted by Crippen LogP contribution is -2.15. The first-order chi connectivity index (χ1) is 12.1. The molecular weight excluding hydrogens is 338 g/mol. The topological polar surface area (TPSA) is 79.8 Å². The molecule has 0 aliphatic rings. The van der Waals surface area contributed by atoms with E-state index < -0.39 is 0 Å². The average molecular weight is 354 g/mol. The summed E-state index contributed by atoms with van der Waals surface area (Å²) in [5.41, 5.74) is 2.84. The molecule has 2 heterocycles. The Morgan fingerprint density at radius 1 is 1.16 bits per heavy atom. The van der Waals surface area contributed by atoms with Gasteiger partial charge in [0.1, 0.15) is 5.82 Å². The van der Waals surface area contributed by atoms with Gasteiger partial charge in [0.2, 0.25) is 0 Å². The van der Waals surface area contributed by atoms with E-state index >= 15 is 0 Å². The fourth-order valence-electron chi connectivity index (χ4n) is 2.20. The molecule has 7 heteroatoms. The SMILES string of the molecule is Cc1cc(Cl)ccc1NC(=O)c1ccc(NCc2cccnc2)nn1. The third kappa shape index (κ3) is 4.51. The Morgan fingerprint density at radius 3 is 2.72 bits per heavy atom. The Kier molecular flexibility index (Phi) is 5.20. The molecule has 2 N–H and O–H groups in total. The van der Waals surface area contributed by atoms with Crippen LogP contribution < -0.4 is 10.6 Å². The molecule has 0 bridgehead atoms. The number of benzene rings is 1. The van der Waals surface area contributed by atoms with Crippen molar-refractivity contribution in [2.75, 3.05) is 10.6 Å². The zero-order valence-corrected chi connectivity index (χ0v) is 14.3. The van der Waals surface area contributed by atoms with Crippen molar-refractivity contribution in [3.8, 4) is 0 Å². The number of carbonyl (C=O) groups excluding carboxylic acids is 1. The molecule has 0 spiro atoms. The van der Waals surface area contributed by atoms with Gasteiger partial charge in [-0.15, -0.1) is 10.2 Å². The highest BCUT2D eigenvalue weighted by atomic mass is 35.5. The number of nitrogens with zero attached hydrogens (tertiary/aromatic N) is 3. The zero-order chi connectivity index (χ0) is 17.6. The molecule has 0 unspecified atom stereocenters. The van der Waals surface area contributed by atoms with Gasteiger partial charge in [0.05, 0.1) is 0 Å². The molecule has 0 saturated heterocycles. The molecule has 0 fully saturated rings. The molecule has 0 saturated carbocycles. The number of aromatic nitrogens is 3. The van der Waals surface area contributed by atoms with Gasteiger partial charge in [-0.25, -0.2) is 0 Å². The van der Waals surface area contributed by atoms with E-state index in [0.29, 0.717) is 23.1 Å². The van der Waals surface area contributed by atoms with Crippen molar-refractivity contribution in [3.63, 3.8) is 0 Å². The highest BCUT2D eigenvalue weighted by Crippen LogP contribution is 2.20. The van der Waals surface area contributed by atoms with Gasteiger partial charge >= 0.3 is 0 Å². The van der Waals surface area contributed by atoms with E-state index in [1.165, 1.54) is 0 Å². The maximum atomic E-state index is 12.3. The van der Waals surface area contributed by atoms with Gasteiger partial charge in [-0.05, 0) is 54.4 Å². The second kappa shape index (κ2) is 7.72. The van der Waals surface area contributed by atoms with E-state index in [1.807, 2.05) is 19.1 Å². The first-order valence-corrected chi connectivity index (χ1v) is 8.03. The maximum absolute atomic E-state index is 12.3. The lowest BCUT2D eigenvalue weighted by molar-refractivity contribution is 0.102. The van der Waals surface area contributed by atoms with Crippen molar-refractivity contribution < 1.29 is 4.79 Å². The minimum Gasteiger partial charge on any atom is -0.364 e. The number of aryl methyl sites for hydroxylation is 1. The fraction of sp³-hybridized carbons (Fsp3) is 0.111. The predicted octanol–water partition coefficient (Wildman–Crippen LogP) is 3.70. The Balaban J connectivity index is 1.62. The van der Waals surface area contributed by atoms with Crippen LogP contribution in [0, 0.1) is 6.92 Å². The molecule has 3 aromatic rings. The van der Waals surface area contributed by atoms with Crippen molar-refractivity contribution >= 4 is 29.0 Å². The average Bonchev–Trinajstić information content (AvgIpc) is 2.63. The van der Waals surface area contributed by atoms with Crippen molar-refractivity contribution in [1.29, 1.82) is 0 Å². The molecule has 6 nitrogen and oxygen atoms in total. The van der Waals surface area contributed by atoms with Crippen LogP contribution in [0.5, 0.6) is 0 Å². The predicted molar refractivity (Wildman–Crippen MR) is 97.7 cm³/mol. The van der Waals surface area contributed by atoms with Gasteiger partial charge in [0.15, 0.2) is 5.69 Å². The molecule has 25 heavy (non-hydrogen) atoms. The third-order valence-corrected chi connectivity index (χ3v) is 3.77. The molecule has 126 valence electrons. The second-order valence-corrected chi connectivity index (χ2v) is 5.87. The number of hydrogen-bond acceptors (Lipinski definition) is 5. The normalized spacial score (nSPS) is 10.3. The lowest BCUT2D eigenvalue weighted by atomic mass is 10.2. The summed E-state index contributed by atoms with van der Waals surface area (Å²) in [6, 6.07) is 12.4. The number of anilines is 2. The fourth-order valence-corrected chi connectivity index (χ4v) is 2.42. The minimum atomic E-state index is -0.322. The quantitative estimate of drug-likeness (QED) is 0.731. The van der Waals surface area contributed by atoms with Gasteiger partial charge in [0.25, 0.3) is 5.91 Å². The van der Waals surface area contributed by atoms with E-state index in [1.54, 1.807) is 42.7 Å². The summed E-state index contributed by atoms with van der Waals surface area (Å²) in [5.74, 6) is 0.264. The van der Waals surface area contributed by atoms with Crippen LogP contribution in [0.4, 0.5) is 11.5 Å². The van der Waals surface area contributed by atoms with Crippen LogP contribution in [0.2, 0.25) is 5.02 Å². The summed E-state index contributed by atoms with van der Waals surface area (Å²) in [6.07, 6.45) is 3.50. The summed E-state index contributed by atoms with van der Waals surface area (Å²) in [4.78, 5) is 16.3. The third-order valence-electron chi connectivity index (χ3n) is 3.53. The van der Waals surface area contributed by atoms with Gasteiger partial charge in [-0.2, -0.15) is 0 Å². The van der Waals surface area contributed by atoms with Gasteiger partial charge in [0, 0.05) is 29.6 Å². The highest BCUT2D eigenvalue weighted by Gasteiger charge is 2.10. The van der Waals surface area contributed by atoms with E-state index in [-0.39, 0.29) is 11.6 Å². The molecule has 2 aromatic heterocycles. The second-order valence-electron chi connectivity index (χ2n) is 5.43. The summed E-state index contributed by atoms with van der Waals surface area (Å²) in [5, 5.41) is 14.6. The Labute approximate surface area is 150 Å². The lowest BCUT2D eigenvalue weighted by Gasteiger charge is -2.09. The molecule has 0 aliphatic heterocycles. The first-order valence-electron chi connectivity index (χ1n) is 7.66. The minimum absolute atomic E-state index is 0.237. The molecule has 0 atom stereocenters. The number of pyridine rings is 1. The molecule has 1 aromatic carbocycles.